The largest absolute Gasteiger partial charge is 0.493 e. The molecule has 0 atom stereocenters. The monoisotopic (exact) mass is 377 g/mol. The van der Waals surface area contributed by atoms with E-state index in [1.807, 2.05) is 0 Å². The van der Waals surface area contributed by atoms with Gasteiger partial charge in [-0.3, -0.25) is 10.1 Å². The number of hydrogen-bond donors (Lipinski definition) is 0. The fourth-order valence-corrected chi connectivity index (χ4v) is 3.68. The molecule has 26 heavy (non-hydrogen) atoms. The first-order chi connectivity index (χ1) is 12.2. The lowest BCUT2D eigenvalue weighted by molar-refractivity contribution is -0.385. The Balaban J connectivity index is 2.50. The number of methoxy groups -OCH3 is 1. The van der Waals surface area contributed by atoms with Crippen LogP contribution in [0.25, 0.3) is 0 Å². The van der Waals surface area contributed by atoms with Gasteiger partial charge >= 0.3 is 10.1 Å². The molecular weight excluding hydrogens is 358 g/mol. The van der Waals surface area contributed by atoms with E-state index in [1.165, 1.54) is 19.2 Å². The van der Waals surface area contributed by atoms with Crippen LogP contribution in [0.4, 0.5) is 5.69 Å². The molecule has 0 saturated heterocycles. The Morgan fingerprint density at radius 3 is 2.46 bits per heavy atom. The highest BCUT2D eigenvalue weighted by atomic mass is 32.2. The molecule has 0 aliphatic carbocycles. The van der Waals surface area contributed by atoms with E-state index in [9.17, 15) is 18.5 Å². The number of aryl methyl sites for hydroxylation is 1. The maximum absolute atomic E-state index is 12.7. The summed E-state index contributed by atoms with van der Waals surface area (Å²) in [5.41, 5.74) is 1.43. The lowest BCUT2D eigenvalue weighted by atomic mass is 10.1. The number of nitro benzene ring substituents is 1. The van der Waals surface area contributed by atoms with E-state index in [0.717, 1.165) is 11.6 Å². The summed E-state index contributed by atoms with van der Waals surface area (Å²) >= 11 is 0. The van der Waals surface area contributed by atoms with E-state index in [1.54, 1.807) is 32.1 Å². The highest BCUT2D eigenvalue weighted by Gasteiger charge is 2.25. The van der Waals surface area contributed by atoms with E-state index in [4.69, 9.17) is 8.92 Å². The van der Waals surface area contributed by atoms with Crippen molar-refractivity contribution in [2.75, 3.05) is 7.11 Å². The maximum atomic E-state index is 12.7. The molecule has 138 valence electrons. The molecule has 8 heteroatoms. The summed E-state index contributed by atoms with van der Waals surface area (Å²) in [5.74, 6) is 0.247. The second kappa shape index (κ2) is 7.57. The number of benzene rings is 2. The van der Waals surface area contributed by atoms with E-state index in [-0.39, 0.29) is 22.1 Å². The van der Waals surface area contributed by atoms with E-state index in [0.29, 0.717) is 17.5 Å². The summed E-state index contributed by atoms with van der Waals surface area (Å²) in [4.78, 5) is 10.2. The molecule has 0 fully saturated rings. The number of ether oxygens (including phenoxy) is 1. The molecule has 0 aliphatic rings. The van der Waals surface area contributed by atoms with Crippen LogP contribution in [0, 0.1) is 24.0 Å². The van der Waals surface area contributed by atoms with Crippen molar-refractivity contribution < 1.29 is 22.3 Å². The summed E-state index contributed by atoms with van der Waals surface area (Å²) in [6.07, 6.45) is 2.30. The van der Waals surface area contributed by atoms with Gasteiger partial charge in [0.05, 0.1) is 12.0 Å². The van der Waals surface area contributed by atoms with Gasteiger partial charge in [-0.05, 0) is 49.1 Å². The van der Waals surface area contributed by atoms with Crippen molar-refractivity contribution in [3.05, 3.63) is 69.8 Å². The molecule has 0 spiro atoms. The average molecular weight is 377 g/mol. The fourth-order valence-electron chi connectivity index (χ4n) is 2.41. The SMILES string of the molecule is C=CCc1ccc(OS(=O)(=O)c2cc([N+](=O)[O-])cc(C)c2C)c(OC)c1. The Kier molecular flexibility index (Phi) is 5.66. The summed E-state index contributed by atoms with van der Waals surface area (Å²) in [5, 5.41) is 11.0. The molecule has 0 aromatic heterocycles. The van der Waals surface area contributed by atoms with Gasteiger partial charge in [0.25, 0.3) is 5.69 Å². The Morgan fingerprint density at radius 1 is 1.19 bits per heavy atom. The van der Waals surface area contributed by atoms with Crippen molar-refractivity contribution in [1.29, 1.82) is 0 Å². The first-order valence-corrected chi connectivity index (χ1v) is 9.08. The van der Waals surface area contributed by atoms with Crippen LogP contribution in [0.1, 0.15) is 16.7 Å². The predicted octanol–water partition coefficient (Wildman–Crippen LogP) is 3.72. The van der Waals surface area contributed by atoms with Crippen LogP contribution in [-0.4, -0.2) is 20.5 Å². The number of nitrogens with zero attached hydrogens (tertiary/aromatic N) is 1. The Labute approximate surface area is 152 Å². The van der Waals surface area contributed by atoms with Crippen molar-refractivity contribution in [2.24, 2.45) is 0 Å². The third-order valence-electron chi connectivity index (χ3n) is 3.89. The van der Waals surface area contributed by atoms with Crippen LogP contribution in [0.15, 0.2) is 47.9 Å². The van der Waals surface area contributed by atoms with Gasteiger partial charge < -0.3 is 8.92 Å². The summed E-state index contributed by atoms with van der Waals surface area (Å²) in [7, 11) is -2.89. The van der Waals surface area contributed by atoms with Gasteiger partial charge in [0.2, 0.25) is 0 Å². The summed E-state index contributed by atoms with van der Waals surface area (Å²) in [6.45, 7) is 6.82. The van der Waals surface area contributed by atoms with Crippen molar-refractivity contribution in [2.45, 2.75) is 25.2 Å². The zero-order valence-electron chi connectivity index (χ0n) is 14.7. The normalized spacial score (nSPS) is 11.0. The minimum absolute atomic E-state index is 0.00358. The van der Waals surface area contributed by atoms with Crippen LogP contribution in [-0.2, 0) is 16.5 Å². The highest BCUT2D eigenvalue weighted by molar-refractivity contribution is 7.87. The maximum Gasteiger partial charge on any atom is 0.339 e. The van der Waals surface area contributed by atoms with Crippen LogP contribution >= 0.6 is 0 Å². The van der Waals surface area contributed by atoms with Gasteiger partial charge in [0.1, 0.15) is 4.90 Å². The number of allylic oxidation sites excluding steroid dienone is 1. The second-order valence-corrected chi connectivity index (χ2v) is 7.17. The molecule has 0 N–H and O–H groups in total. The number of nitro groups is 1. The molecule has 2 rings (SSSR count). The summed E-state index contributed by atoms with van der Waals surface area (Å²) in [6, 6.07) is 7.14. The van der Waals surface area contributed by atoms with Gasteiger partial charge in [0.15, 0.2) is 11.5 Å². The molecule has 0 radical (unpaired) electrons. The number of non-ortho nitro benzene ring substituents is 1. The Morgan fingerprint density at radius 2 is 1.88 bits per heavy atom. The van der Waals surface area contributed by atoms with Crippen LogP contribution in [0.5, 0.6) is 11.5 Å². The molecule has 0 unspecified atom stereocenters. The smallest absolute Gasteiger partial charge is 0.339 e. The van der Waals surface area contributed by atoms with E-state index < -0.39 is 15.0 Å². The number of rotatable bonds is 7. The molecule has 2 aromatic carbocycles. The lowest BCUT2D eigenvalue weighted by Crippen LogP contribution is -2.13. The van der Waals surface area contributed by atoms with Crippen molar-refractivity contribution in [1.82, 2.24) is 0 Å². The molecule has 0 saturated carbocycles. The quantitative estimate of drug-likeness (QED) is 0.316. The molecule has 2 aromatic rings. The van der Waals surface area contributed by atoms with E-state index >= 15 is 0 Å². The molecule has 0 aliphatic heterocycles. The third-order valence-corrected chi connectivity index (χ3v) is 5.25. The lowest BCUT2D eigenvalue weighted by Gasteiger charge is -2.14. The van der Waals surface area contributed by atoms with Crippen molar-refractivity contribution in [3.63, 3.8) is 0 Å². The topological polar surface area (TPSA) is 95.7 Å². The predicted molar refractivity (Wildman–Crippen MR) is 97.3 cm³/mol. The van der Waals surface area contributed by atoms with Crippen molar-refractivity contribution in [3.8, 4) is 11.5 Å². The zero-order chi connectivity index (χ0) is 19.5. The first kappa shape index (κ1) is 19.5. The van der Waals surface area contributed by atoms with Crippen LogP contribution < -0.4 is 8.92 Å². The van der Waals surface area contributed by atoms with Gasteiger partial charge in [-0.15, -0.1) is 6.58 Å². The standard InChI is InChI=1S/C18H19NO6S/c1-5-6-14-7-8-16(17(10-14)24-4)25-26(22,23)18-11-15(19(20)21)9-12(2)13(18)3/h5,7-11H,1,6H2,2-4H3. The molecule has 0 bridgehead atoms. The second-order valence-electron chi connectivity index (χ2n) is 5.66. The van der Waals surface area contributed by atoms with Gasteiger partial charge in [-0.1, -0.05) is 12.1 Å². The first-order valence-electron chi connectivity index (χ1n) is 7.67. The molecular formula is C18H19NO6S. The molecule has 7 nitrogen and oxygen atoms in total. The third kappa shape index (κ3) is 4.02. The summed E-state index contributed by atoms with van der Waals surface area (Å²) < 4.78 is 35.8. The van der Waals surface area contributed by atoms with Gasteiger partial charge in [0, 0.05) is 12.1 Å². The van der Waals surface area contributed by atoms with Gasteiger partial charge in [-0.25, -0.2) is 0 Å². The highest BCUT2D eigenvalue weighted by Crippen LogP contribution is 2.33. The minimum atomic E-state index is -4.28. The van der Waals surface area contributed by atoms with Crippen LogP contribution in [0.3, 0.4) is 0 Å². The molecule has 0 amide bonds. The average Bonchev–Trinajstić information content (AvgIpc) is 2.58. The minimum Gasteiger partial charge on any atom is -0.493 e. The number of hydrogen-bond acceptors (Lipinski definition) is 6. The van der Waals surface area contributed by atoms with E-state index in [2.05, 4.69) is 6.58 Å². The van der Waals surface area contributed by atoms with Crippen molar-refractivity contribution >= 4 is 15.8 Å². The van der Waals surface area contributed by atoms with Gasteiger partial charge in [-0.2, -0.15) is 8.42 Å². The zero-order valence-corrected chi connectivity index (χ0v) is 15.5. The Hall–Kier alpha value is -2.87. The van der Waals surface area contributed by atoms with Crippen LogP contribution in [0.2, 0.25) is 0 Å². The Bertz CT molecular complexity index is 966. The molecule has 0 heterocycles. The fraction of sp³-hybridized carbons (Fsp3) is 0.222.